The molecular weight excluding hydrogens is 311 g/mol. The molecule has 0 saturated heterocycles. The molecule has 1 atom stereocenters. The second-order valence-electron chi connectivity index (χ2n) is 3.76. The van der Waals surface area contributed by atoms with Gasteiger partial charge in [0.25, 0.3) is 0 Å². The number of benzene rings is 1. The lowest BCUT2D eigenvalue weighted by Crippen LogP contribution is -2.06. The zero-order chi connectivity index (χ0) is 13.3. The smallest absolute Gasteiger partial charge is 0.194 e. The van der Waals surface area contributed by atoms with Crippen LogP contribution >= 0.6 is 15.9 Å². The summed E-state index contributed by atoms with van der Waals surface area (Å²) in [5.41, 5.74) is 0.145. The summed E-state index contributed by atoms with van der Waals surface area (Å²) in [5, 5.41) is 2.82. The van der Waals surface area contributed by atoms with E-state index < -0.39 is 17.5 Å². The maximum absolute atomic E-state index is 13.0. The monoisotopic (exact) mass is 319 g/mol. The van der Waals surface area contributed by atoms with E-state index in [2.05, 4.69) is 21.2 Å². The first-order valence-corrected chi connectivity index (χ1v) is 5.93. The second kappa shape index (κ2) is 5.06. The van der Waals surface area contributed by atoms with Crippen molar-refractivity contribution < 1.29 is 17.6 Å². The highest BCUT2D eigenvalue weighted by Crippen LogP contribution is 2.25. The van der Waals surface area contributed by atoms with Crippen molar-refractivity contribution in [3.05, 3.63) is 52.1 Å². The van der Waals surface area contributed by atoms with Crippen molar-refractivity contribution in [2.75, 3.05) is 5.32 Å². The van der Waals surface area contributed by atoms with Crippen molar-refractivity contribution in [1.29, 1.82) is 0 Å². The number of nitrogens with one attached hydrogen (secondary N) is 1. The first-order chi connectivity index (χ1) is 8.47. The maximum Gasteiger partial charge on any atom is 0.194 e. The Kier molecular flexibility index (Phi) is 3.65. The number of rotatable bonds is 3. The molecule has 0 aliphatic heterocycles. The number of hydrogen-bond donors (Lipinski definition) is 1. The van der Waals surface area contributed by atoms with Crippen molar-refractivity contribution in [2.24, 2.45) is 0 Å². The summed E-state index contributed by atoms with van der Waals surface area (Å²) in [6, 6.07) is 4.91. The molecule has 18 heavy (non-hydrogen) atoms. The van der Waals surface area contributed by atoms with E-state index in [1.807, 2.05) is 0 Å². The van der Waals surface area contributed by atoms with E-state index in [9.17, 15) is 13.2 Å². The van der Waals surface area contributed by atoms with Gasteiger partial charge in [0.05, 0.1) is 6.04 Å². The molecule has 2 rings (SSSR count). The van der Waals surface area contributed by atoms with E-state index in [0.717, 1.165) is 12.1 Å². The van der Waals surface area contributed by atoms with Gasteiger partial charge in [0.15, 0.2) is 22.1 Å². The number of halogens is 4. The fourth-order valence-electron chi connectivity index (χ4n) is 1.52. The van der Waals surface area contributed by atoms with Gasteiger partial charge in [0.2, 0.25) is 0 Å². The fraction of sp³-hybridized carbons (Fsp3) is 0.167. The topological polar surface area (TPSA) is 25.2 Å². The number of anilines is 1. The van der Waals surface area contributed by atoms with Crippen LogP contribution in [0.4, 0.5) is 18.9 Å². The Balaban J connectivity index is 2.19. The van der Waals surface area contributed by atoms with Crippen LogP contribution in [0.1, 0.15) is 18.7 Å². The van der Waals surface area contributed by atoms with Crippen LogP contribution in [0.25, 0.3) is 0 Å². The molecule has 0 fully saturated rings. The Morgan fingerprint density at radius 3 is 2.28 bits per heavy atom. The molecule has 6 heteroatoms. The molecule has 0 saturated carbocycles. The minimum absolute atomic E-state index is 0.145. The lowest BCUT2D eigenvalue weighted by Gasteiger charge is -2.13. The summed E-state index contributed by atoms with van der Waals surface area (Å²) < 4.78 is 44.6. The number of hydrogen-bond acceptors (Lipinski definition) is 2. The van der Waals surface area contributed by atoms with Gasteiger partial charge in [0.1, 0.15) is 5.76 Å². The molecule has 96 valence electrons. The molecule has 0 aliphatic carbocycles. The van der Waals surface area contributed by atoms with Crippen molar-refractivity contribution in [3.8, 4) is 0 Å². The highest BCUT2D eigenvalue weighted by Gasteiger charge is 2.14. The summed E-state index contributed by atoms with van der Waals surface area (Å²) in [4.78, 5) is 0. The van der Waals surface area contributed by atoms with Gasteiger partial charge in [-0.15, -0.1) is 0 Å². The molecule has 0 radical (unpaired) electrons. The van der Waals surface area contributed by atoms with Gasteiger partial charge >= 0.3 is 0 Å². The molecule has 1 unspecified atom stereocenters. The summed E-state index contributed by atoms with van der Waals surface area (Å²) in [6.45, 7) is 1.75. The van der Waals surface area contributed by atoms with Gasteiger partial charge in [0, 0.05) is 17.8 Å². The minimum Gasteiger partial charge on any atom is -0.452 e. The predicted octanol–water partition coefficient (Wildman–Crippen LogP) is 4.63. The van der Waals surface area contributed by atoms with Crippen LogP contribution in [0.15, 0.2) is 33.4 Å². The summed E-state index contributed by atoms with van der Waals surface area (Å²) in [7, 11) is 0. The van der Waals surface area contributed by atoms with Crippen LogP contribution in [0.5, 0.6) is 0 Å². The van der Waals surface area contributed by atoms with E-state index in [4.69, 9.17) is 4.42 Å². The lowest BCUT2D eigenvalue weighted by atomic mass is 10.2. The van der Waals surface area contributed by atoms with E-state index >= 15 is 0 Å². The zero-order valence-electron chi connectivity index (χ0n) is 9.31. The predicted molar refractivity (Wildman–Crippen MR) is 64.8 cm³/mol. The van der Waals surface area contributed by atoms with Gasteiger partial charge < -0.3 is 9.73 Å². The lowest BCUT2D eigenvalue weighted by molar-refractivity contribution is 0.446. The molecule has 2 nitrogen and oxygen atoms in total. The maximum atomic E-state index is 13.0. The van der Waals surface area contributed by atoms with Crippen LogP contribution in [0.3, 0.4) is 0 Å². The summed E-state index contributed by atoms with van der Waals surface area (Å²) in [6.07, 6.45) is 0. The van der Waals surface area contributed by atoms with Gasteiger partial charge in [-0.3, -0.25) is 0 Å². The minimum atomic E-state index is -1.48. The van der Waals surface area contributed by atoms with Gasteiger partial charge in [-0.05, 0) is 35.0 Å². The standard InChI is InChI=1S/C12H9BrF3NO/c1-6(10-2-3-11(13)18-10)17-7-4-8(14)12(16)9(15)5-7/h2-6,17H,1H3. The first kappa shape index (κ1) is 13.0. The van der Waals surface area contributed by atoms with E-state index in [1.165, 1.54) is 0 Å². The van der Waals surface area contributed by atoms with Gasteiger partial charge in [-0.25, -0.2) is 13.2 Å². The zero-order valence-corrected chi connectivity index (χ0v) is 10.9. The van der Waals surface area contributed by atoms with Crippen molar-refractivity contribution in [2.45, 2.75) is 13.0 Å². The molecule has 1 aromatic carbocycles. The Morgan fingerprint density at radius 2 is 1.78 bits per heavy atom. The average Bonchev–Trinajstić information content (AvgIpc) is 2.72. The molecule has 1 aromatic heterocycles. The Bertz CT molecular complexity index is 547. The quantitative estimate of drug-likeness (QED) is 0.834. The molecule has 0 aliphatic rings. The van der Waals surface area contributed by atoms with Crippen molar-refractivity contribution in [1.82, 2.24) is 0 Å². The van der Waals surface area contributed by atoms with Crippen LogP contribution < -0.4 is 5.32 Å². The first-order valence-electron chi connectivity index (χ1n) is 5.13. The van der Waals surface area contributed by atoms with E-state index in [0.29, 0.717) is 10.4 Å². The number of furan rings is 1. The van der Waals surface area contributed by atoms with Gasteiger partial charge in [-0.1, -0.05) is 0 Å². The second-order valence-corrected chi connectivity index (χ2v) is 4.54. The summed E-state index contributed by atoms with van der Waals surface area (Å²) >= 11 is 3.15. The molecule has 1 heterocycles. The SMILES string of the molecule is CC(Nc1cc(F)c(F)c(F)c1)c1ccc(Br)o1. The highest BCUT2D eigenvalue weighted by atomic mass is 79.9. The largest absolute Gasteiger partial charge is 0.452 e. The molecule has 0 spiro atoms. The fourth-order valence-corrected chi connectivity index (χ4v) is 1.84. The third-order valence-corrected chi connectivity index (χ3v) is 2.81. The normalized spacial score (nSPS) is 12.5. The third kappa shape index (κ3) is 2.69. The average molecular weight is 320 g/mol. The van der Waals surface area contributed by atoms with E-state index in [1.54, 1.807) is 19.1 Å². The Labute approximate surface area is 110 Å². The van der Waals surface area contributed by atoms with Crippen LogP contribution in [-0.2, 0) is 0 Å². The molecule has 1 N–H and O–H groups in total. The van der Waals surface area contributed by atoms with Crippen molar-refractivity contribution >= 4 is 21.6 Å². The molecule has 0 bridgehead atoms. The van der Waals surface area contributed by atoms with Gasteiger partial charge in [-0.2, -0.15) is 0 Å². The Hall–Kier alpha value is -1.43. The highest BCUT2D eigenvalue weighted by molar-refractivity contribution is 9.10. The van der Waals surface area contributed by atoms with Crippen molar-refractivity contribution in [3.63, 3.8) is 0 Å². The Morgan fingerprint density at radius 1 is 1.17 bits per heavy atom. The van der Waals surface area contributed by atoms with E-state index in [-0.39, 0.29) is 11.7 Å². The molecule has 0 amide bonds. The molecular formula is C12H9BrF3NO. The third-order valence-electron chi connectivity index (χ3n) is 2.39. The van der Waals surface area contributed by atoms with Crippen LogP contribution in [0, 0.1) is 17.5 Å². The summed E-state index contributed by atoms with van der Waals surface area (Å²) in [5.74, 6) is -3.35. The van der Waals surface area contributed by atoms with Crippen LogP contribution in [-0.4, -0.2) is 0 Å². The van der Waals surface area contributed by atoms with Crippen LogP contribution in [0.2, 0.25) is 0 Å². The molecule has 2 aromatic rings.